The van der Waals surface area contributed by atoms with Gasteiger partial charge in [0.2, 0.25) is 5.91 Å². The zero-order chi connectivity index (χ0) is 18.2. The summed E-state index contributed by atoms with van der Waals surface area (Å²) in [6, 6.07) is 7.03. The van der Waals surface area contributed by atoms with Crippen LogP contribution in [0.1, 0.15) is 43.1 Å². The van der Waals surface area contributed by atoms with Crippen LogP contribution in [0.2, 0.25) is 0 Å². The predicted molar refractivity (Wildman–Crippen MR) is 94.0 cm³/mol. The first-order valence-electron chi connectivity index (χ1n) is 8.44. The van der Waals surface area contributed by atoms with E-state index in [2.05, 4.69) is 0 Å². The molecule has 2 heterocycles. The van der Waals surface area contributed by atoms with Gasteiger partial charge in [0, 0.05) is 5.56 Å². The van der Waals surface area contributed by atoms with Gasteiger partial charge in [-0.3, -0.25) is 9.69 Å². The lowest BCUT2D eigenvalue weighted by atomic mass is 9.89. The van der Waals surface area contributed by atoms with E-state index in [9.17, 15) is 9.59 Å². The van der Waals surface area contributed by atoms with Crippen LogP contribution >= 0.6 is 0 Å². The Balaban J connectivity index is 1.87. The monoisotopic (exact) mass is 344 g/mol. The molecule has 1 aromatic rings. The molecule has 6 heteroatoms. The van der Waals surface area contributed by atoms with Gasteiger partial charge < -0.3 is 15.2 Å². The topological polar surface area (TPSA) is 81.9 Å². The number of nitrogens with two attached hydrogens (primary N) is 1. The number of fused-ring (bicyclic) bond motifs is 2. The summed E-state index contributed by atoms with van der Waals surface area (Å²) in [5.74, 6) is -0.447. The van der Waals surface area contributed by atoms with E-state index in [0.717, 1.165) is 11.1 Å². The molecule has 1 aromatic carbocycles. The third-order valence-corrected chi connectivity index (χ3v) is 4.32. The SMILES string of the molecule is CC(C)(C)OC(=O)N1C2C=C(c3cccc(C(N)=O)c3)CC1COC2. The van der Waals surface area contributed by atoms with E-state index < -0.39 is 11.5 Å². The summed E-state index contributed by atoms with van der Waals surface area (Å²) in [5, 5.41) is 0. The number of hydrogen-bond donors (Lipinski definition) is 1. The Bertz CT molecular complexity index is 720. The Hall–Kier alpha value is -2.34. The molecule has 6 nitrogen and oxygen atoms in total. The van der Waals surface area contributed by atoms with Gasteiger partial charge in [-0.05, 0) is 50.5 Å². The highest BCUT2D eigenvalue weighted by Crippen LogP contribution is 2.33. The van der Waals surface area contributed by atoms with Crippen molar-refractivity contribution in [3.8, 4) is 0 Å². The molecule has 0 aromatic heterocycles. The quantitative estimate of drug-likeness (QED) is 0.894. The van der Waals surface area contributed by atoms with Crippen LogP contribution < -0.4 is 5.73 Å². The molecule has 2 unspecified atom stereocenters. The number of carbonyl (C=O) groups excluding carboxylic acids is 2. The smallest absolute Gasteiger partial charge is 0.411 e. The first-order valence-corrected chi connectivity index (χ1v) is 8.44. The molecule has 2 amide bonds. The number of ether oxygens (including phenoxy) is 2. The molecular weight excluding hydrogens is 320 g/mol. The number of benzene rings is 1. The second-order valence-corrected chi connectivity index (χ2v) is 7.49. The number of primary amides is 1. The molecule has 0 aliphatic carbocycles. The van der Waals surface area contributed by atoms with Gasteiger partial charge in [-0.1, -0.05) is 18.2 Å². The minimum Gasteiger partial charge on any atom is -0.444 e. The molecule has 2 atom stereocenters. The minimum atomic E-state index is -0.536. The summed E-state index contributed by atoms with van der Waals surface area (Å²) in [7, 11) is 0. The van der Waals surface area contributed by atoms with Crippen LogP contribution in [0.3, 0.4) is 0 Å². The third-order valence-electron chi connectivity index (χ3n) is 4.32. The van der Waals surface area contributed by atoms with E-state index in [1.807, 2.05) is 39.0 Å². The highest BCUT2D eigenvalue weighted by molar-refractivity contribution is 5.93. The highest BCUT2D eigenvalue weighted by atomic mass is 16.6. The summed E-state index contributed by atoms with van der Waals surface area (Å²) in [4.78, 5) is 25.8. The molecule has 2 N–H and O–H groups in total. The van der Waals surface area contributed by atoms with Gasteiger partial charge in [-0.2, -0.15) is 0 Å². The normalized spacial score (nSPS) is 23.0. The number of morpholine rings is 1. The Morgan fingerprint density at radius 1 is 1.28 bits per heavy atom. The van der Waals surface area contributed by atoms with E-state index in [4.69, 9.17) is 15.2 Å². The number of amides is 2. The van der Waals surface area contributed by atoms with Crippen molar-refractivity contribution in [1.82, 2.24) is 4.90 Å². The first kappa shape index (κ1) is 17.5. The lowest BCUT2D eigenvalue weighted by molar-refractivity contribution is -0.0510. The number of hydrogen-bond acceptors (Lipinski definition) is 4. The van der Waals surface area contributed by atoms with Crippen molar-refractivity contribution in [2.45, 2.75) is 44.9 Å². The lowest BCUT2D eigenvalue weighted by Crippen LogP contribution is -2.57. The average molecular weight is 344 g/mol. The number of nitrogens with zero attached hydrogens (tertiary/aromatic N) is 1. The van der Waals surface area contributed by atoms with E-state index in [1.165, 1.54) is 0 Å². The van der Waals surface area contributed by atoms with Crippen molar-refractivity contribution < 1.29 is 19.1 Å². The largest absolute Gasteiger partial charge is 0.444 e. The number of carbonyl (C=O) groups is 2. The van der Waals surface area contributed by atoms with Crippen molar-refractivity contribution in [3.05, 3.63) is 41.5 Å². The van der Waals surface area contributed by atoms with Gasteiger partial charge >= 0.3 is 6.09 Å². The van der Waals surface area contributed by atoms with Crippen LogP contribution in [0.25, 0.3) is 5.57 Å². The van der Waals surface area contributed by atoms with Gasteiger partial charge in [0.1, 0.15) is 5.60 Å². The van der Waals surface area contributed by atoms with Gasteiger partial charge in [-0.25, -0.2) is 4.79 Å². The van der Waals surface area contributed by atoms with Crippen molar-refractivity contribution in [1.29, 1.82) is 0 Å². The molecular formula is C19H24N2O4. The van der Waals surface area contributed by atoms with Gasteiger partial charge in [0.25, 0.3) is 0 Å². The van der Waals surface area contributed by atoms with Crippen LogP contribution in [0.15, 0.2) is 30.3 Å². The fourth-order valence-corrected chi connectivity index (χ4v) is 3.28. The molecule has 1 saturated heterocycles. The molecule has 0 spiro atoms. The lowest BCUT2D eigenvalue weighted by Gasteiger charge is -2.44. The molecule has 0 saturated carbocycles. The van der Waals surface area contributed by atoms with Crippen molar-refractivity contribution in [2.75, 3.05) is 13.2 Å². The van der Waals surface area contributed by atoms with E-state index in [-0.39, 0.29) is 18.2 Å². The Morgan fingerprint density at radius 2 is 2.04 bits per heavy atom. The number of rotatable bonds is 2. The second-order valence-electron chi connectivity index (χ2n) is 7.49. The van der Waals surface area contributed by atoms with Crippen LogP contribution in [0.4, 0.5) is 4.79 Å². The Kier molecular flexibility index (Phi) is 4.56. The van der Waals surface area contributed by atoms with Crippen LogP contribution in [-0.2, 0) is 9.47 Å². The second kappa shape index (κ2) is 6.52. The standard InChI is InChI=1S/C19H24N2O4/c1-19(2,3)25-18(23)21-15-8-14(9-16(21)11-24-10-15)12-5-4-6-13(7-12)17(20)22/h4-8,15-16H,9-11H2,1-3H3,(H2,20,22). The van der Waals surface area contributed by atoms with E-state index in [0.29, 0.717) is 25.2 Å². The van der Waals surface area contributed by atoms with Crippen LogP contribution in [0, 0.1) is 0 Å². The van der Waals surface area contributed by atoms with Crippen molar-refractivity contribution in [3.63, 3.8) is 0 Å². The van der Waals surface area contributed by atoms with Gasteiger partial charge in [0.05, 0.1) is 25.3 Å². The molecule has 0 radical (unpaired) electrons. The summed E-state index contributed by atoms with van der Waals surface area (Å²) in [6.07, 6.45) is 2.37. The van der Waals surface area contributed by atoms with Crippen molar-refractivity contribution >= 4 is 17.6 Å². The van der Waals surface area contributed by atoms with Crippen LogP contribution in [-0.4, -0.2) is 47.8 Å². The summed E-state index contributed by atoms with van der Waals surface area (Å²) in [5.41, 5.74) is 7.38. The minimum absolute atomic E-state index is 0.0779. The first-order chi connectivity index (χ1) is 11.7. The molecule has 134 valence electrons. The highest BCUT2D eigenvalue weighted by Gasteiger charge is 2.40. The van der Waals surface area contributed by atoms with Crippen LogP contribution in [0.5, 0.6) is 0 Å². The predicted octanol–water partition coefficient (Wildman–Crippen LogP) is 2.58. The molecule has 1 fully saturated rings. The molecule has 3 rings (SSSR count). The molecule has 25 heavy (non-hydrogen) atoms. The molecule has 2 aliphatic rings. The van der Waals surface area contributed by atoms with Gasteiger partial charge in [-0.15, -0.1) is 0 Å². The molecule has 2 bridgehead atoms. The van der Waals surface area contributed by atoms with E-state index >= 15 is 0 Å². The average Bonchev–Trinajstić information content (AvgIpc) is 2.52. The van der Waals surface area contributed by atoms with E-state index in [1.54, 1.807) is 17.0 Å². The summed E-state index contributed by atoms with van der Waals surface area (Å²) >= 11 is 0. The maximum absolute atomic E-state index is 12.6. The third kappa shape index (κ3) is 3.85. The maximum Gasteiger partial charge on any atom is 0.411 e. The molecule has 2 aliphatic heterocycles. The summed E-state index contributed by atoms with van der Waals surface area (Å²) < 4.78 is 11.2. The fraction of sp³-hybridized carbons (Fsp3) is 0.474. The van der Waals surface area contributed by atoms with Crippen molar-refractivity contribution in [2.24, 2.45) is 5.73 Å². The maximum atomic E-state index is 12.6. The fourth-order valence-electron chi connectivity index (χ4n) is 3.28. The van der Waals surface area contributed by atoms with Gasteiger partial charge in [0.15, 0.2) is 0 Å². The summed E-state index contributed by atoms with van der Waals surface area (Å²) in [6.45, 7) is 6.49. The Morgan fingerprint density at radius 3 is 2.68 bits per heavy atom. The zero-order valence-corrected chi connectivity index (χ0v) is 14.8. The Labute approximate surface area is 147 Å². The zero-order valence-electron chi connectivity index (χ0n) is 14.8.